The summed E-state index contributed by atoms with van der Waals surface area (Å²) < 4.78 is 18.4. The van der Waals surface area contributed by atoms with Gasteiger partial charge >= 0.3 is 0 Å². The van der Waals surface area contributed by atoms with E-state index in [9.17, 15) is 8.76 Å². The second-order valence-corrected chi connectivity index (χ2v) is 1.53. The summed E-state index contributed by atoms with van der Waals surface area (Å²) >= 11 is -2.76. The third-order valence-electron chi connectivity index (χ3n) is 0.172. The molecule has 0 aliphatic heterocycles. The van der Waals surface area contributed by atoms with Crippen molar-refractivity contribution in [2.45, 2.75) is 5.62 Å². The monoisotopic (exact) mass is 111 g/mol. The molecule has 38 valence electrons. The lowest BCUT2D eigenvalue weighted by Gasteiger charge is -2.03. The maximum Gasteiger partial charge on any atom is 0.218 e. The summed E-state index contributed by atoms with van der Waals surface area (Å²) in [6.45, 7) is 0. The molecular weight excluding hydrogens is 108 g/mol. The molecule has 1 atom stereocenters. The van der Waals surface area contributed by atoms with Crippen molar-refractivity contribution >= 4 is 11.1 Å². The molecule has 0 rings (SSSR count). The summed E-state index contributed by atoms with van der Waals surface area (Å²) in [4.78, 5) is 0. The van der Waals surface area contributed by atoms with Gasteiger partial charge in [0.15, 0.2) is 0 Å². The van der Waals surface area contributed by atoms with Crippen molar-refractivity contribution in [2.24, 2.45) is 0 Å². The maximum atomic E-state index is 9.20. The number of aliphatic hydroxyl groups is 2. The van der Waals surface area contributed by atoms with Crippen molar-refractivity contribution < 1.29 is 19.0 Å². The van der Waals surface area contributed by atoms with Gasteiger partial charge in [-0.1, -0.05) is 0 Å². The van der Waals surface area contributed by atoms with Crippen LogP contribution in [0.3, 0.4) is 0 Å². The lowest BCUT2D eigenvalue weighted by molar-refractivity contribution is 0.0292. The number of aliphatic hydroxyl groups excluding tert-OH is 1. The normalized spacial score (nSPS) is 15.3. The minimum atomic E-state index is -2.76. The molecule has 1 unspecified atom stereocenters. The molecule has 0 radical (unpaired) electrons. The Morgan fingerprint density at radius 3 is 1.83 bits per heavy atom. The molecule has 0 aromatic carbocycles. The Hall–Kier alpha value is 0.0300. The topological polar surface area (TPSA) is 80.6 Å². The fraction of sp³-hybridized carbons (Fsp3) is 1.00. The van der Waals surface area contributed by atoms with E-state index in [1.807, 2.05) is 0 Å². The molecular formula is CH3O4S-. The van der Waals surface area contributed by atoms with Crippen molar-refractivity contribution in [3.05, 3.63) is 0 Å². The Morgan fingerprint density at radius 1 is 1.67 bits per heavy atom. The van der Waals surface area contributed by atoms with Crippen LogP contribution in [0, 0.1) is 0 Å². The van der Waals surface area contributed by atoms with E-state index in [4.69, 9.17) is 10.2 Å². The highest BCUT2D eigenvalue weighted by molar-refractivity contribution is 7.79. The first-order valence-corrected chi connectivity index (χ1v) is 2.22. The van der Waals surface area contributed by atoms with Crippen LogP contribution in [0.2, 0.25) is 0 Å². The Morgan fingerprint density at radius 2 is 1.83 bits per heavy atom. The molecule has 0 amide bonds. The van der Waals surface area contributed by atoms with Gasteiger partial charge in [-0.05, 0) is 0 Å². The highest BCUT2D eigenvalue weighted by atomic mass is 32.2. The van der Waals surface area contributed by atoms with Gasteiger partial charge < -0.3 is 14.8 Å². The van der Waals surface area contributed by atoms with Crippen LogP contribution >= 0.6 is 0 Å². The molecule has 4 nitrogen and oxygen atoms in total. The largest absolute Gasteiger partial charge is 0.769 e. The molecule has 0 aliphatic carbocycles. The van der Waals surface area contributed by atoms with Crippen molar-refractivity contribution in [3.8, 4) is 0 Å². The van der Waals surface area contributed by atoms with Crippen LogP contribution in [-0.2, 0) is 11.1 Å². The number of hydrogen-bond acceptors (Lipinski definition) is 4. The Bertz CT molecular complexity index is 58.6. The lowest BCUT2D eigenvalue weighted by Crippen LogP contribution is -2.10. The summed E-state index contributed by atoms with van der Waals surface area (Å²) in [5, 5.41) is 15.1. The molecule has 6 heavy (non-hydrogen) atoms. The van der Waals surface area contributed by atoms with E-state index in [0.29, 0.717) is 0 Å². The fourth-order valence-corrected chi connectivity index (χ4v) is 0. The molecule has 0 saturated heterocycles. The minimum absolute atomic E-state index is 2.23. The zero-order valence-electron chi connectivity index (χ0n) is 2.70. The third-order valence-corrected chi connectivity index (χ3v) is 0.516. The van der Waals surface area contributed by atoms with Gasteiger partial charge in [0.05, 0.1) is 0 Å². The van der Waals surface area contributed by atoms with E-state index < -0.39 is 16.7 Å². The lowest BCUT2D eigenvalue weighted by atomic mass is 11.5. The summed E-state index contributed by atoms with van der Waals surface area (Å²) in [6, 6.07) is 0. The molecule has 0 aromatic heterocycles. The molecule has 0 spiro atoms. The highest BCUT2D eigenvalue weighted by Gasteiger charge is 1.89. The average Bonchev–Trinajstić information content (AvgIpc) is 1.36. The average molecular weight is 111 g/mol. The van der Waals surface area contributed by atoms with Crippen molar-refractivity contribution in [2.75, 3.05) is 0 Å². The summed E-state index contributed by atoms with van der Waals surface area (Å²) in [7, 11) is 0. The van der Waals surface area contributed by atoms with Crippen molar-refractivity contribution in [1.29, 1.82) is 0 Å². The van der Waals surface area contributed by atoms with Crippen LogP contribution in [0.15, 0.2) is 0 Å². The van der Waals surface area contributed by atoms with Crippen LogP contribution in [0.1, 0.15) is 0 Å². The zero-order chi connectivity index (χ0) is 5.15. The van der Waals surface area contributed by atoms with Crippen LogP contribution in [0.25, 0.3) is 0 Å². The third kappa shape index (κ3) is 2.28. The summed E-state index contributed by atoms with van der Waals surface area (Å²) in [5.41, 5.74) is -2.23. The second kappa shape index (κ2) is 2.25. The van der Waals surface area contributed by atoms with Gasteiger partial charge in [-0.25, -0.2) is 0 Å². The predicted molar refractivity (Wildman–Crippen MR) is 17.1 cm³/mol. The number of rotatable bonds is 1. The first kappa shape index (κ1) is 6.03. The van der Waals surface area contributed by atoms with Gasteiger partial charge in [0.2, 0.25) is 5.62 Å². The van der Waals surface area contributed by atoms with Gasteiger partial charge in [-0.15, -0.1) is 0 Å². The summed E-state index contributed by atoms with van der Waals surface area (Å²) in [6.07, 6.45) is 0. The smallest absolute Gasteiger partial charge is 0.218 e. The van der Waals surface area contributed by atoms with Crippen molar-refractivity contribution in [3.63, 3.8) is 0 Å². The molecule has 0 saturated carbocycles. The fourth-order valence-electron chi connectivity index (χ4n) is 0. The predicted octanol–water partition coefficient (Wildman–Crippen LogP) is -1.87. The van der Waals surface area contributed by atoms with E-state index in [-0.39, 0.29) is 0 Å². The van der Waals surface area contributed by atoms with Crippen LogP contribution in [-0.4, -0.2) is 24.6 Å². The van der Waals surface area contributed by atoms with E-state index in [1.165, 1.54) is 0 Å². The SMILES string of the molecule is O=S([O-])C(O)O. The Balaban J connectivity index is 3.26. The van der Waals surface area contributed by atoms with Gasteiger partial charge in [-0.2, -0.15) is 0 Å². The van der Waals surface area contributed by atoms with E-state index in [2.05, 4.69) is 0 Å². The van der Waals surface area contributed by atoms with Gasteiger partial charge in [-0.3, -0.25) is 4.21 Å². The van der Waals surface area contributed by atoms with Crippen LogP contribution < -0.4 is 0 Å². The van der Waals surface area contributed by atoms with Crippen molar-refractivity contribution in [1.82, 2.24) is 0 Å². The summed E-state index contributed by atoms with van der Waals surface area (Å²) in [5.74, 6) is 0. The molecule has 0 aromatic rings. The zero-order valence-corrected chi connectivity index (χ0v) is 3.51. The van der Waals surface area contributed by atoms with E-state index >= 15 is 0 Å². The van der Waals surface area contributed by atoms with Crippen LogP contribution in [0.5, 0.6) is 0 Å². The quantitative estimate of drug-likeness (QED) is 0.307. The standard InChI is InChI=1S/CH4O4S/c2-1(3)6(4)5/h1-3H,(H,4,5)/p-1. The van der Waals surface area contributed by atoms with E-state index in [0.717, 1.165) is 0 Å². The number of hydrogen-bond donors (Lipinski definition) is 2. The minimum Gasteiger partial charge on any atom is -0.769 e. The molecule has 2 N–H and O–H groups in total. The Kier molecular flexibility index (Phi) is 2.26. The van der Waals surface area contributed by atoms with Gasteiger partial charge in [0, 0.05) is 11.1 Å². The molecule has 0 fully saturated rings. The first-order valence-electron chi connectivity index (χ1n) is 1.09. The second-order valence-electron chi connectivity index (χ2n) is 0.587. The van der Waals surface area contributed by atoms with Crippen LogP contribution in [0.4, 0.5) is 0 Å². The van der Waals surface area contributed by atoms with Gasteiger partial charge in [0.1, 0.15) is 0 Å². The molecule has 0 heterocycles. The van der Waals surface area contributed by atoms with E-state index in [1.54, 1.807) is 0 Å². The molecule has 0 bridgehead atoms. The first-order chi connectivity index (χ1) is 2.64. The Labute approximate surface area is 36.7 Å². The van der Waals surface area contributed by atoms with Gasteiger partial charge in [0.25, 0.3) is 0 Å². The highest BCUT2D eigenvalue weighted by Crippen LogP contribution is 1.75. The molecule has 5 heteroatoms. The maximum absolute atomic E-state index is 9.20. The molecule has 0 aliphatic rings.